The normalized spacial score (nSPS) is 11.3. The number of nitrogens with one attached hydrogen (secondary N) is 1. The Balaban J connectivity index is 4.03. The van der Waals surface area contributed by atoms with Gasteiger partial charge in [0, 0.05) is 0 Å². The third-order valence-electron chi connectivity index (χ3n) is 2.02. The molecule has 0 radical (unpaired) electrons. The van der Waals surface area contributed by atoms with Gasteiger partial charge in [0.1, 0.15) is 0 Å². The first-order valence-electron chi connectivity index (χ1n) is 4.31. The summed E-state index contributed by atoms with van der Waals surface area (Å²) < 4.78 is 0. The van der Waals surface area contributed by atoms with Crippen LogP contribution in [0, 0.1) is 0 Å². The van der Waals surface area contributed by atoms with Crippen molar-refractivity contribution in [1.29, 1.82) is 0 Å². The maximum Gasteiger partial charge on any atom is 0.263 e. The van der Waals surface area contributed by atoms with Crippen LogP contribution >= 0.6 is 0 Å². The average molecular weight is 174 g/mol. The van der Waals surface area contributed by atoms with Gasteiger partial charge in [0.2, 0.25) is 0 Å². The highest BCUT2D eigenvalue weighted by atomic mass is 16.6. The van der Waals surface area contributed by atoms with Crippen LogP contribution in [-0.4, -0.2) is 18.1 Å². The van der Waals surface area contributed by atoms with Crippen LogP contribution in [0.2, 0.25) is 0 Å². The summed E-state index contributed by atoms with van der Waals surface area (Å²) in [5, 5.41) is 0. The Morgan fingerprint density at radius 1 is 1.42 bits per heavy atom. The van der Waals surface area contributed by atoms with Gasteiger partial charge in [-0.2, -0.15) is 0 Å². The largest absolute Gasteiger partial charge is 0.317 e. The minimum Gasteiger partial charge on any atom is -0.317 e. The van der Waals surface area contributed by atoms with Crippen molar-refractivity contribution in [3.63, 3.8) is 0 Å². The molecule has 0 heterocycles. The summed E-state index contributed by atoms with van der Waals surface area (Å²) in [5.41, 5.74) is 7.32. The molecular formula is C8H18N2O2. The highest BCUT2D eigenvalue weighted by Crippen LogP contribution is 2.10. The van der Waals surface area contributed by atoms with Gasteiger partial charge in [-0.15, -0.1) is 0 Å². The zero-order valence-electron chi connectivity index (χ0n) is 8.02. The van der Waals surface area contributed by atoms with Gasteiger partial charge in [0.15, 0.2) is 0 Å². The molecule has 0 aromatic rings. The first-order chi connectivity index (χ1) is 5.60. The molecule has 0 aromatic carbocycles. The molecule has 4 nitrogen and oxygen atoms in total. The number of hydrogen-bond donors (Lipinski definition) is 2. The zero-order chi connectivity index (χ0) is 9.61. The summed E-state index contributed by atoms with van der Waals surface area (Å²) in [6, 6.07) is 0. The van der Waals surface area contributed by atoms with E-state index in [-0.39, 0.29) is 5.91 Å². The fourth-order valence-electron chi connectivity index (χ4n) is 0.810. The summed E-state index contributed by atoms with van der Waals surface area (Å²) in [6.45, 7) is 6.02. The van der Waals surface area contributed by atoms with Gasteiger partial charge in [-0.1, -0.05) is 13.8 Å². The van der Waals surface area contributed by atoms with Crippen molar-refractivity contribution in [1.82, 2.24) is 5.48 Å². The maximum absolute atomic E-state index is 11.3. The van der Waals surface area contributed by atoms with Crippen molar-refractivity contribution in [3.8, 4) is 0 Å². The van der Waals surface area contributed by atoms with E-state index in [2.05, 4.69) is 5.48 Å². The van der Waals surface area contributed by atoms with Crippen molar-refractivity contribution >= 4 is 5.91 Å². The first-order valence-corrected chi connectivity index (χ1v) is 4.31. The number of hydroxylamine groups is 1. The zero-order valence-corrected chi connectivity index (χ0v) is 8.02. The molecule has 0 aliphatic rings. The lowest BCUT2D eigenvalue weighted by Crippen LogP contribution is -2.53. The second-order valence-electron chi connectivity index (χ2n) is 2.73. The Morgan fingerprint density at radius 2 is 1.92 bits per heavy atom. The van der Waals surface area contributed by atoms with Gasteiger partial charge >= 0.3 is 0 Å². The second-order valence-corrected chi connectivity index (χ2v) is 2.73. The van der Waals surface area contributed by atoms with Gasteiger partial charge in [-0.3, -0.25) is 9.63 Å². The van der Waals surface area contributed by atoms with Crippen molar-refractivity contribution in [2.45, 2.75) is 39.2 Å². The molecule has 12 heavy (non-hydrogen) atoms. The Bertz CT molecular complexity index is 144. The second kappa shape index (κ2) is 5.11. The van der Waals surface area contributed by atoms with Gasteiger partial charge in [-0.05, 0) is 19.8 Å². The van der Waals surface area contributed by atoms with Crippen molar-refractivity contribution in [2.24, 2.45) is 5.73 Å². The molecule has 0 fully saturated rings. The molecule has 0 bridgehead atoms. The van der Waals surface area contributed by atoms with Crippen molar-refractivity contribution < 1.29 is 9.63 Å². The SMILES string of the molecule is CCONC(=O)C(N)(CC)CC. The highest BCUT2D eigenvalue weighted by molar-refractivity contribution is 5.84. The lowest BCUT2D eigenvalue weighted by Gasteiger charge is -2.24. The Labute approximate surface area is 73.4 Å². The van der Waals surface area contributed by atoms with E-state index in [0.717, 1.165) is 0 Å². The number of hydrogen-bond acceptors (Lipinski definition) is 3. The fourth-order valence-corrected chi connectivity index (χ4v) is 0.810. The molecular weight excluding hydrogens is 156 g/mol. The molecule has 0 aromatic heterocycles. The minimum atomic E-state index is -0.783. The summed E-state index contributed by atoms with van der Waals surface area (Å²) >= 11 is 0. The molecule has 0 aliphatic heterocycles. The molecule has 1 amide bonds. The number of rotatable bonds is 5. The van der Waals surface area contributed by atoms with Crippen LogP contribution in [0.4, 0.5) is 0 Å². The van der Waals surface area contributed by atoms with Crippen molar-refractivity contribution in [3.05, 3.63) is 0 Å². The average Bonchev–Trinajstić information content (AvgIpc) is 2.12. The van der Waals surface area contributed by atoms with Crippen LogP contribution in [0.15, 0.2) is 0 Å². The van der Waals surface area contributed by atoms with Crippen LogP contribution in [0.5, 0.6) is 0 Å². The molecule has 0 rings (SSSR count). The van der Waals surface area contributed by atoms with E-state index in [0.29, 0.717) is 19.4 Å². The third-order valence-corrected chi connectivity index (χ3v) is 2.02. The molecule has 0 atom stereocenters. The molecule has 3 N–H and O–H groups in total. The lowest BCUT2D eigenvalue weighted by molar-refractivity contribution is -0.139. The van der Waals surface area contributed by atoms with Crippen LogP contribution in [-0.2, 0) is 9.63 Å². The third kappa shape index (κ3) is 2.79. The first kappa shape index (κ1) is 11.4. The Hall–Kier alpha value is -0.610. The van der Waals surface area contributed by atoms with Crippen LogP contribution in [0.25, 0.3) is 0 Å². The molecule has 0 saturated carbocycles. The van der Waals surface area contributed by atoms with Gasteiger partial charge < -0.3 is 5.73 Å². The number of amides is 1. The maximum atomic E-state index is 11.3. The predicted molar refractivity (Wildman–Crippen MR) is 47.3 cm³/mol. The Kier molecular flexibility index (Phi) is 4.85. The van der Waals surface area contributed by atoms with E-state index in [1.807, 2.05) is 13.8 Å². The monoisotopic (exact) mass is 174 g/mol. The van der Waals surface area contributed by atoms with E-state index in [1.165, 1.54) is 0 Å². The summed E-state index contributed by atoms with van der Waals surface area (Å²) in [4.78, 5) is 16.1. The number of carbonyl (C=O) groups is 1. The van der Waals surface area contributed by atoms with Crippen LogP contribution in [0.1, 0.15) is 33.6 Å². The molecule has 0 spiro atoms. The fraction of sp³-hybridized carbons (Fsp3) is 0.875. The topological polar surface area (TPSA) is 64.3 Å². The van der Waals surface area contributed by atoms with E-state index in [9.17, 15) is 4.79 Å². The van der Waals surface area contributed by atoms with E-state index >= 15 is 0 Å². The van der Waals surface area contributed by atoms with Gasteiger partial charge in [0.25, 0.3) is 5.91 Å². The summed E-state index contributed by atoms with van der Waals surface area (Å²) in [7, 11) is 0. The number of carbonyl (C=O) groups excluding carboxylic acids is 1. The molecule has 0 unspecified atom stereocenters. The molecule has 72 valence electrons. The van der Waals surface area contributed by atoms with E-state index in [4.69, 9.17) is 10.6 Å². The summed E-state index contributed by atoms with van der Waals surface area (Å²) in [6.07, 6.45) is 1.23. The lowest BCUT2D eigenvalue weighted by atomic mass is 9.94. The van der Waals surface area contributed by atoms with Gasteiger partial charge in [0.05, 0.1) is 12.1 Å². The quantitative estimate of drug-likeness (QED) is 0.599. The van der Waals surface area contributed by atoms with Crippen LogP contribution in [0.3, 0.4) is 0 Å². The minimum absolute atomic E-state index is 0.241. The van der Waals surface area contributed by atoms with E-state index in [1.54, 1.807) is 6.92 Å². The smallest absolute Gasteiger partial charge is 0.263 e. The highest BCUT2D eigenvalue weighted by Gasteiger charge is 2.29. The van der Waals surface area contributed by atoms with Crippen LogP contribution < -0.4 is 11.2 Å². The molecule has 0 aliphatic carbocycles. The van der Waals surface area contributed by atoms with Gasteiger partial charge in [-0.25, -0.2) is 5.48 Å². The Morgan fingerprint density at radius 3 is 2.25 bits per heavy atom. The molecule has 4 heteroatoms. The molecule has 0 saturated heterocycles. The number of nitrogens with two attached hydrogens (primary N) is 1. The standard InChI is InChI=1S/C8H18N2O2/c1-4-8(9,5-2)7(11)10-12-6-3/h4-6,9H2,1-3H3,(H,10,11). The summed E-state index contributed by atoms with van der Waals surface area (Å²) in [5.74, 6) is -0.241. The van der Waals surface area contributed by atoms with E-state index < -0.39 is 5.54 Å². The van der Waals surface area contributed by atoms with Crippen molar-refractivity contribution in [2.75, 3.05) is 6.61 Å². The predicted octanol–water partition coefficient (Wildman–Crippen LogP) is 0.572.